The lowest BCUT2D eigenvalue weighted by molar-refractivity contribution is 0.192. The van der Waals surface area contributed by atoms with Crippen LogP contribution in [0.5, 0.6) is 0 Å². The Morgan fingerprint density at radius 1 is 1.05 bits per heavy atom. The van der Waals surface area contributed by atoms with E-state index in [9.17, 15) is 0 Å². The van der Waals surface area contributed by atoms with E-state index in [4.69, 9.17) is 15.6 Å². The molecule has 1 aliphatic carbocycles. The molecular formula is C19H33NO2. The lowest BCUT2D eigenvalue weighted by Crippen LogP contribution is -1.97. The number of nitrogen functional groups attached to an aromatic ring is 1. The van der Waals surface area contributed by atoms with Gasteiger partial charge in [0.1, 0.15) is 0 Å². The van der Waals surface area contributed by atoms with Crippen molar-refractivity contribution in [2.45, 2.75) is 57.8 Å². The molecule has 0 amide bonds. The molecule has 0 aliphatic heterocycles. The Hall–Kier alpha value is -1.06. The van der Waals surface area contributed by atoms with Gasteiger partial charge in [0.2, 0.25) is 0 Å². The fraction of sp³-hybridized carbons (Fsp3) is 0.684. The van der Waals surface area contributed by atoms with Crippen LogP contribution in [0.25, 0.3) is 0 Å². The second kappa shape index (κ2) is 12.5. The largest absolute Gasteiger partial charge is 0.399 e. The molecule has 1 fully saturated rings. The van der Waals surface area contributed by atoms with Crippen LogP contribution < -0.4 is 5.73 Å². The molecule has 0 unspecified atom stereocenters. The second-order valence-electron chi connectivity index (χ2n) is 6.23. The summed E-state index contributed by atoms with van der Waals surface area (Å²) in [6.07, 6.45) is 11.3. The highest BCUT2D eigenvalue weighted by Gasteiger charge is 2.12. The highest BCUT2D eigenvalue weighted by Crippen LogP contribution is 2.23. The van der Waals surface area contributed by atoms with Crippen molar-refractivity contribution in [3.05, 3.63) is 29.8 Å². The maximum absolute atomic E-state index is 8.57. The van der Waals surface area contributed by atoms with E-state index in [-0.39, 0.29) is 0 Å². The van der Waals surface area contributed by atoms with Gasteiger partial charge in [0.15, 0.2) is 0 Å². The Kier molecular flexibility index (Phi) is 10.8. The molecule has 2 rings (SSSR count). The van der Waals surface area contributed by atoms with Crippen LogP contribution in [0.2, 0.25) is 0 Å². The van der Waals surface area contributed by atoms with Gasteiger partial charge in [-0.05, 0) is 55.7 Å². The first-order valence-electron chi connectivity index (χ1n) is 8.70. The molecule has 3 heteroatoms. The fourth-order valence-electron chi connectivity index (χ4n) is 2.81. The van der Waals surface area contributed by atoms with E-state index >= 15 is 0 Å². The van der Waals surface area contributed by atoms with E-state index in [1.807, 2.05) is 12.1 Å². The molecular weight excluding hydrogens is 274 g/mol. The Balaban J connectivity index is 0.000000287. The molecule has 0 heterocycles. The summed E-state index contributed by atoms with van der Waals surface area (Å²) in [5.74, 6) is 0.653. The van der Waals surface area contributed by atoms with Crippen LogP contribution in [0.1, 0.15) is 56.9 Å². The molecule has 0 aromatic heterocycles. The number of ether oxygens (including phenoxy) is 1. The maximum Gasteiger partial charge on any atom is 0.0462 e. The topological polar surface area (TPSA) is 55.5 Å². The highest BCUT2D eigenvalue weighted by molar-refractivity contribution is 5.39. The van der Waals surface area contributed by atoms with E-state index in [2.05, 4.69) is 12.1 Å². The van der Waals surface area contributed by atoms with Crippen molar-refractivity contribution in [2.24, 2.45) is 5.92 Å². The normalized spacial score (nSPS) is 14.6. The molecule has 22 heavy (non-hydrogen) atoms. The number of methoxy groups -OCH3 is 1. The van der Waals surface area contributed by atoms with Crippen molar-refractivity contribution in [1.29, 1.82) is 0 Å². The smallest absolute Gasteiger partial charge is 0.0462 e. The number of anilines is 1. The summed E-state index contributed by atoms with van der Waals surface area (Å²) < 4.78 is 5.01. The number of rotatable bonds is 8. The summed E-state index contributed by atoms with van der Waals surface area (Å²) in [6.45, 7) is 1.31. The van der Waals surface area contributed by atoms with Gasteiger partial charge >= 0.3 is 0 Å². The van der Waals surface area contributed by atoms with Crippen molar-refractivity contribution < 1.29 is 9.84 Å². The maximum atomic E-state index is 8.57. The Bertz CT molecular complexity index is 358. The van der Waals surface area contributed by atoms with Crippen molar-refractivity contribution in [3.8, 4) is 0 Å². The molecule has 126 valence electrons. The Labute approximate surface area is 135 Å². The third-order valence-electron chi connectivity index (χ3n) is 4.28. The van der Waals surface area contributed by atoms with Crippen LogP contribution in [0.3, 0.4) is 0 Å². The molecule has 1 aliphatic rings. The average Bonchev–Trinajstić information content (AvgIpc) is 3.07. The van der Waals surface area contributed by atoms with Crippen LogP contribution in [-0.2, 0) is 11.2 Å². The zero-order valence-corrected chi connectivity index (χ0v) is 14.1. The van der Waals surface area contributed by atoms with Crippen molar-refractivity contribution >= 4 is 5.69 Å². The molecule has 0 bridgehead atoms. The predicted molar refractivity (Wildman–Crippen MR) is 93.9 cm³/mol. The zero-order valence-electron chi connectivity index (χ0n) is 14.1. The minimum Gasteiger partial charge on any atom is -0.399 e. The molecule has 0 radical (unpaired) electrons. The number of unbranched alkanes of at least 4 members (excludes halogenated alkanes) is 3. The monoisotopic (exact) mass is 307 g/mol. The fourth-order valence-corrected chi connectivity index (χ4v) is 2.81. The first kappa shape index (κ1) is 19.0. The predicted octanol–water partition coefficient (Wildman–Crippen LogP) is 4.19. The SMILES string of the molecule is COCCCCCCc1ccc(N)cc1.OCC1CCCC1. The van der Waals surface area contributed by atoms with Gasteiger partial charge in [0, 0.05) is 26.0 Å². The van der Waals surface area contributed by atoms with Gasteiger partial charge in [-0.15, -0.1) is 0 Å². The zero-order chi connectivity index (χ0) is 16.0. The van der Waals surface area contributed by atoms with Gasteiger partial charge in [-0.1, -0.05) is 37.8 Å². The van der Waals surface area contributed by atoms with Gasteiger partial charge in [-0.2, -0.15) is 0 Å². The average molecular weight is 307 g/mol. The molecule has 1 aromatic rings. The van der Waals surface area contributed by atoms with Gasteiger partial charge in [-0.25, -0.2) is 0 Å². The second-order valence-corrected chi connectivity index (χ2v) is 6.23. The van der Waals surface area contributed by atoms with E-state index in [0.717, 1.165) is 18.7 Å². The van der Waals surface area contributed by atoms with Crippen molar-refractivity contribution in [3.63, 3.8) is 0 Å². The van der Waals surface area contributed by atoms with E-state index in [0.29, 0.717) is 12.5 Å². The number of nitrogens with two attached hydrogens (primary N) is 1. The van der Waals surface area contributed by atoms with Crippen LogP contribution in [0.15, 0.2) is 24.3 Å². The first-order chi connectivity index (χ1) is 10.8. The molecule has 0 atom stereocenters. The summed E-state index contributed by atoms with van der Waals surface area (Å²) in [4.78, 5) is 0. The molecule has 3 nitrogen and oxygen atoms in total. The lowest BCUT2D eigenvalue weighted by Gasteiger charge is -2.02. The molecule has 0 spiro atoms. The first-order valence-corrected chi connectivity index (χ1v) is 8.70. The van der Waals surface area contributed by atoms with E-state index in [1.54, 1.807) is 7.11 Å². The number of aryl methyl sites for hydroxylation is 1. The molecule has 1 saturated carbocycles. The number of hydrogen-bond acceptors (Lipinski definition) is 3. The van der Waals surface area contributed by atoms with Gasteiger partial charge in [0.25, 0.3) is 0 Å². The number of hydrogen-bond donors (Lipinski definition) is 2. The van der Waals surface area contributed by atoms with Crippen LogP contribution in [0.4, 0.5) is 5.69 Å². The minimum atomic E-state index is 0.417. The summed E-state index contributed by atoms with van der Waals surface area (Å²) in [7, 11) is 1.76. The third kappa shape index (κ3) is 9.06. The van der Waals surface area contributed by atoms with Gasteiger partial charge < -0.3 is 15.6 Å². The minimum absolute atomic E-state index is 0.417. The lowest BCUT2D eigenvalue weighted by atomic mass is 10.1. The number of benzene rings is 1. The quantitative estimate of drug-likeness (QED) is 0.559. The molecule has 0 saturated heterocycles. The Morgan fingerprint density at radius 2 is 1.68 bits per heavy atom. The van der Waals surface area contributed by atoms with Crippen molar-refractivity contribution in [2.75, 3.05) is 26.1 Å². The summed E-state index contributed by atoms with van der Waals surface area (Å²) in [5, 5.41) is 8.57. The molecule has 1 aromatic carbocycles. The van der Waals surface area contributed by atoms with Crippen LogP contribution in [-0.4, -0.2) is 25.4 Å². The summed E-state index contributed by atoms with van der Waals surface area (Å²) >= 11 is 0. The van der Waals surface area contributed by atoms with Crippen LogP contribution in [0, 0.1) is 5.92 Å². The summed E-state index contributed by atoms with van der Waals surface area (Å²) in [6, 6.07) is 8.18. The number of aliphatic hydroxyl groups excluding tert-OH is 1. The third-order valence-corrected chi connectivity index (χ3v) is 4.28. The standard InChI is InChI=1S/C13H21NO.C6H12O/c1-15-11-5-3-2-4-6-12-7-9-13(14)10-8-12;7-5-6-3-1-2-4-6/h7-10H,2-6,11,14H2,1H3;6-7H,1-5H2. The van der Waals surface area contributed by atoms with E-state index in [1.165, 1.54) is 56.9 Å². The van der Waals surface area contributed by atoms with Crippen molar-refractivity contribution in [1.82, 2.24) is 0 Å². The Morgan fingerprint density at radius 3 is 2.23 bits per heavy atom. The number of aliphatic hydroxyl groups is 1. The van der Waals surface area contributed by atoms with Gasteiger partial charge in [-0.3, -0.25) is 0 Å². The van der Waals surface area contributed by atoms with Crippen LogP contribution >= 0.6 is 0 Å². The van der Waals surface area contributed by atoms with Gasteiger partial charge in [0.05, 0.1) is 0 Å². The molecule has 3 N–H and O–H groups in total. The van der Waals surface area contributed by atoms with E-state index < -0.39 is 0 Å². The summed E-state index contributed by atoms with van der Waals surface area (Å²) in [5.41, 5.74) is 7.85. The highest BCUT2D eigenvalue weighted by atomic mass is 16.5.